The number of carbonyl (C=O) groups is 2. The van der Waals surface area contributed by atoms with Gasteiger partial charge in [0.25, 0.3) is 20.2 Å². The molecule has 9 N–H and O–H groups in total. The van der Waals surface area contributed by atoms with Gasteiger partial charge in [0.2, 0.25) is 11.8 Å². The molecule has 1 heterocycles. The third kappa shape index (κ3) is 9.13. The average molecular weight is 555 g/mol. The Balaban J connectivity index is 3.48. The van der Waals surface area contributed by atoms with Crippen LogP contribution in [0.5, 0.6) is 0 Å². The van der Waals surface area contributed by atoms with Gasteiger partial charge in [0.1, 0.15) is 41.5 Å². The summed E-state index contributed by atoms with van der Waals surface area (Å²) in [4.78, 5) is 23.0. The maximum atomic E-state index is 11.9. The zero-order valence-electron chi connectivity index (χ0n) is 18.5. The SMILES string of the molecule is CC(=O)N[C@H]1[C@H](O[C@@H]([C@H](O)[C@H](CO)NC(C)=O)[C@H](O)CO)O[C@H](CS(=O)(=O)O)[C@H](S(=O)(=O)O)[C@@H]1O. The molecule has 19 heteroatoms. The standard InChI is InChI=1S/C16H30N2O15S2/c1-6(21)17-8(3-19)12(24)14(9(23)4-20)33-16-11(18-7(2)22)13(25)15(35(29,30)31)10(32-16)5-34(26,27)28/h8-16,19-20,23-25H,3-5H2,1-2H3,(H,17,21)(H,18,22)(H,26,27,28)(H,29,30,31)/t8-,9+,10+,11+,12+,13+,14+,15-,16-/m0/s1. The molecular weight excluding hydrogens is 524 g/mol. The summed E-state index contributed by atoms with van der Waals surface area (Å²) < 4.78 is 75.8. The van der Waals surface area contributed by atoms with Gasteiger partial charge in [-0.15, -0.1) is 0 Å². The van der Waals surface area contributed by atoms with Gasteiger partial charge in [-0.25, -0.2) is 0 Å². The number of rotatable bonds is 12. The molecule has 0 aliphatic carbocycles. The normalized spacial score (nSPS) is 29.0. The number of carbonyl (C=O) groups excluding carboxylic acids is 2. The Kier molecular flexibility index (Phi) is 11.4. The van der Waals surface area contributed by atoms with Crippen LogP contribution < -0.4 is 10.6 Å². The number of hydrogen-bond donors (Lipinski definition) is 9. The van der Waals surface area contributed by atoms with E-state index in [1.807, 2.05) is 0 Å². The van der Waals surface area contributed by atoms with Crippen molar-refractivity contribution in [3.63, 3.8) is 0 Å². The van der Waals surface area contributed by atoms with Crippen molar-refractivity contribution in [3.8, 4) is 0 Å². The van der Waals surface area contributed by atoms with Crippen LogP contribution in [0.1, 0.15) is 13.8 Å². The fourth-order valence-electron chi connectivity index (χ4n) is 3.52. The van der Waals surface area contributed by atoms with E-state index in [0.717, 1.165) is 13.8 Å². The number of nitrogens with one attached hydrogen (secondary N) is 2. The molecule has 9 atom stereocenters. The van der Waals surface area contributed by atoms with Crippen molar-refractivity contribution < 1.29 is 70.5 Å². The Morgan fingerprint density at radius 1 is 1.03 bits per heavy atom. The van der Waals surface area contributed by atoms with E-state index >= 15 is 0 Å². The van der Waals surface area contributed by atoms with Gasteiger partial charge in [-0.2, -0.15) is 16.8 Å². The van der Waals surface area contributed by atoms with E-state index in [9.17, 15) is 56.5 Å². The molecule has 0 aromatic carbocycles. The van der Waals surface area contributed by atoms with Crippen molar-refractivity contribution in [1.29, 1.82) is 0 Å². The smallest absolute Gasteiger partial charge is 0.273 e. The van der Waals surface area contributed by atoms with Gasteiger partial charge in [0, 0.05) is 13.8 Å². The Labute approximate surface area is 200 Å². The second-order valence-electron chi connectivity index (χ2n) is 7.82. The van der Waals surface area contributed by atoms with Gasteiger partial charge >= 0.3 is 0 Å². The number of amides is 2. The molecule has 1 aliphatic heterocycles. The molecule has 0 spiro atoms. The maximum absolute atomic E-state index is 11.9. The summed E-state index contributed by atoms with van der Waals surface area (Å²) >= 11 is 0. The Morgan fingerprint density at radius 3 is 2.00 bits per heavy atom. The topological polar surface area (TPSA) is 287 Å². The highest BCUT2D eigenvalue weighted by Gasteiger charge is 2.54. The number of aliphatic hydroxyl groups is 5. The number of ether oxygens (including phenoxy) is 2. The second-order valence-corrected chi connectivity index (χ2v) is 10.9. The van der Waals surface area contributed by atoms with Crippen molar-refractivity contribution in [3.05, 3.63) is 0 Å². The van der Waals surface area contributed by atoms with E-state index < -0.39 is 105 Å². The monoisotopic (exact) mass is 554 g/mol. The first-order chi connectivity index (χ1) is 15.9. The lowest BCUT2D eigenvalue weighted by Gasteiger charge is -2.45. The lowest BCUT2D eigenvalue weighted by molar-refractivity contribution is -0.270. The third-order valence-electron chi connectivity index (χ3n) is 4.95. The minimum atomic E-state index is -5.26. The fraction of sp³-hybridized carbons (Fsp3) is 0.875. The van der Waals surface area contributed by atoms with Crippen molar-refractivity contribution >= 4 is 32.1 Å². The van der Waals surface area contributed by atoms with Crippen molar-refractivity contribution in [1.82, 2.24) is 10.6 Å². The van der Waals surface area contributed by atoms with E-state index in [4.69, 9.17) is 14.0 Å². The molecule has 0 unspecified atom stereocenters. The molecule has 0 saturated carbocycles. The van der Waals surface area contributed by atoms with Crippen LogP contribution in [0.3, 0.4) is 0 Å². The van der Waals surface area contributed by atoms with Crippen LogP contribution in [0.2, 0.25) is 0 Å². The zero-order chi connectivity index (χ0) is 27.3. The predicted octanol–water partition coefficient (Wildman–Crippen LogP) is -5.68. The quantitative estimate of drug-likeness (QED) is 0.102. The van der Waals surface area contributed by atoms with Gasteiger partial charge < -0.3 is 45.6 Å². The van der Waals surface area contributed by atoms with Gasteiger partial charge in [-0.1, -0.05) is 0 Å². The van der Waals surface area contributed by atoms with Crippen molar-refractivity contribution in [2.24, 2.45) is 0 Å². The molecule has 2 amide bonds. The molecule has 17 nitrogen and oxygen atoms in total. The molecule has 1 saturated heterocycles. The minimum absolute atomic E-state index is 0.718. The highest BCUT2D eigenvalue weighted by molar-refractivity contribution is 7.87. The van der Waals surface area contributed by atoms with Crippen LogP contribution in [-0.4, -0.2) is 136 Å². The van der Waals surface area contributed by atoms with E-state index in [2.05, 4.69) is 10.6 Å². The summed E-state index contributed by atoms with van der Waals surface area (Å²) in [6.45, 7) is 0.0147. The Bertz CT molecular complexity index is 943. The largest absolute Gasteiger partial charge is 0.394 e. The highest BCUT2D eigenvalue weighted by Crippen LogP contribution is 2.29. The van der Waals surface area contributed by atoms with Crippen LogP contribution in [0, 0.1) is 0 Å². The first-order valence-electron chi connectivity index (χ1n) is 9.95. The molecule has 0 aromatic rings. The van der Waals surface area contributed by atoms with Gasteiger partial charge in [-0.05, 0) is 0 Å². The number of aliphatic hydroxyl groups excluding tert-OH is 5. The van der Waals surface area contributed by atoms with Gasteiger partial charge in [0.15, 0.2) is 6.29 Å². The highest BCUT2D eigenvalue weighted by atomic mass is 32.2. The van der Waals surface area contributed by atoms with E-state index in [0.29, 0.717) is 0 Å². The number of hydrogen-bond acceptors (Lipinski definition) is 13. The average Bonchev–Trinajstić information content (AvgIpc) is 2.68. The van der Waals surface area contributed by atoms with Crippen LogP contribution in [0.4, 0.5) is 0 Å². The predicted molar refractivity (Wildman–Crippen MR) is 113 cm³/mol. The zero-order valence-corrected chi connectivity index (χ0v) is 20.2. The molecule has 35 heavy (non-hydrogen) atoms. The summed E-state index contributed by atoms with van der Waals surface area (Å²) in [5.74, 6) is -3.08. The molecule has 0 aromatic heterocycles. The molecule has 0 bridgehead atoms. The van der Waals surface area contributed by atoms with Gasteiger partial charge in [-0.3, -0.25) is 18.7 Å². The van der Waals surface area contributed by atoms with Crippen LogP contribution in [-0.2, 0) is 39.3 Å². The van der Waals surface area contributed by atoms with Crippen molar-refractivity contribution in [2.75, 3.05) is 19.0 Å². The first-order valence-corrected chi connectivity index (χ1v) is 13.1. The molecule has 1 fully saturated rings. The van der Waals surface area contributed by atoms with E-state index in [-0.39, 0.29) is 0 Å². The summed E-state index contributed by atoms with van der Waals surface area (Å²) in [7, 11) is -10.2. The third-order valence-corrected chi connectivity index (χ3v) is 6.97. The maximum Gasteiger partial charge on any atom is 0.273 e. The van der Waals surface area contributed by atoms with Crippen LogP contribution >= 0.6 is 0 Å². The van der Waals surface area contributed by atoms with E-state index in [1.165, 1.54) is 0 Å². The molecule has 1 aliphatic rings. The van der Waals surface area contributed by atoms with Crippen LogP contribution in [0.25, 0.3) is 0 Å². The lowest BCUT2D eigenvalue weighted by Crippen LogP contribution is -2.68. The molecule has 0 radical (unpaired) electrons. The second kappa shape index (κ2) is 12.6. The molecular formula is C16H30N2O15S2. The van der Waals surface area contributed by atoms with Crippen molar-refractivity contribution in [2.45, 2.75) is 68.0 Å². The fourth-order valence-corrected chi connectivity index (χ4v) is 5.41. The minimum Gasteiger partial charge on any atom is -0.394 e. The Morgan fingerprint density at radius 2 is 1.60 bits per heavy atom. The van der Waals surface area contributed by atoms with Crippen LogP contribution in [0.15, 0.2) is 0 Å². The summed E-state index contributed by atoms with van der Waals surface area (Å²) in [5.41, 5.74) is 0. The van der Waals surface area contributed by atoms with Gasteiger partial charge in [0.05, 0.1) is 25.4 Å². The Hall–Kier alpha value is -1.52. The lowest BCUT2D eigenvalue weighted by atomic mass is 9.98. The molecule has 1 rings (SSSR count). The summed E-state index contributed by atoms with van der Waals surface area (Å²) in [6, 6.07) is -3.35. The molecule has 206 valence electrons. The summed E-state index contributed by atoms with van der Waals surface area (Å²) in [5, 5.41) is 52.0. The first kappa shape index (κ1) is 31.5. The summed E-state index contributed by atoms with van der Waals surface area (Å²) in [6.07, 6.45) is -12.4. The van der Waals surface area contributed by atoms with E-state index in [1.54, 1.807) is 0 Å².